The number of para-hydroxylation sites is 2. The van der Waals surface area contributed by atoms with Gasteiger partial charge in [-0.05, 0) is 29.8 Å². The number of hydrogen-bond donors (Lipinski definition) is 1. The van der Waals surface area contributed by atoms with Crippen LogP contribution in [0.4, 0.5) is 0 Å². The lowest BCUT2D eigenvalue weighted by Crippen LogP contribution is -2.20. The number of fused-ring (bicyclic) bond motifs is 1. The van der Waals surface area contributed by atoms with E-state index in [-0.39, 0.29) is 5.91 Å². The number of methoxy groups -OCH3 is 1. The van der Waals surface area contributed by atoms with Crippen molar-refractivity contribution >= 4 is 23.1 Å². The molecule has 23 heavy (non-hydrogen) atoms. The number of carbonyl (C=O) groups is 1. The summed E-state index contributed by atoms with van der Waals surface area (Å²) in [5.41, 5.74) is 2.46. The quantitative estimate of drug-likeness (QED) is 0.735. The van der Waals surface area contributed by atoms with Gasteiger partial charge in [0, 0.05) is 18.7 Å². The number of aromatic nitrogens is 1. The molecule has 2 aromatic carbocycles. The van der Waals surface area contributed by atoms with Crippen LogP contribution < -0.4 is 10.1 Å². The summed E-state index contributed by atoms with van der Waals surface area (Å²) in [6.45, 7) is 0.445. The van der Waals surface area contributed by atoms with Gasteiger partial charge in [0.05, 0.1) is 7.11 Å². The first-order chi connectivity index (χ1) is 11.2. The van der Waals surface area contributed by atoms with Gasteiger partial charge in [-0.1, -0.05) is 24.3 Å². The molecular formula is C18H16N2O3. The van der Waals surface area contributed by atoms with Crippen molar-refractivity contribution in [2.75, 3.05) is 7.11 Å². The van der Waals surface area contributed by atoms with E-state index < -0.39 is 0 Å². The first-order valence-electron chi connectivity index (χ1n) is 7.19. The van der Waals surface area contributed by atoms with Crippen LogP contribution in [-0.2, 0) is 11.3 Å². The first kappa shape index (κ1) is 14.8. The van der Waals surface area contributed by atoms with E-state index in [2.05, 4.69) is 10.3 Å². The molecule has 0 saturated heterocycles. The van der Waals surface area contributed by atoms with Crippen LogP contribution in [0.3, 0.4) is 0 Å². The minimum absolute atomic E-state index is 0.205. The van der Waals surface area contributed by atoms with Crippen molar-refractivity contribution in [3.05, 3.63) is 66.1 Å². The van der Waals surface area contributed by atoms with Crippen molar-refractivity contribution in [3.63, 3.8) is 0 Å². The average Bonchev–Trinajstić information content (AvgIpc) is 3.01. The molecule has 5 nitrogen and oxygen atoms in total. The topological polar surface area (TPSA) is 64.4 Å². The highest BCUT2D eigenvalue weighted by Gasteiger charge is 2.02. The molecule has 3 rings (SSSR count). The maximum absolute atomic E-state index is 11.8. The molecule has 0 aliphatic heterocycles. The van der Waals surface area contributed by atoms with E-state index in [1.807, 2.05) is 48.5 Å². The Morgan fingerprint density at radius 1 is 1.22 bits per heavy atom. The van der Waals surface area contributed by atoms with Crippen LogP contribution >= 0.6 is 0 Å². The second kappa shape index (κ2) is 6.79. The molecule has 0 aliphatic carbocycles. The largest absolute Gasteiger partial charge is 0.497 e. The predicted octanol–water partition coefficient (Wildman–Crippen LogP) is 3.17. The molecule has 0 aliphatic rings. The smallest absolute Gasteiger partial charge is 0.244 e. The summed E-state index contributed by atoms with van der Waals surface area (Å²) in [7, 11) is 1.62. The molecule has 116 valence electrons. The highest BCUT2D eigenvalue weighted by Crippen LogP contribution is 2.15. The van der Waals surface area contributed by atoms with Gasteiger partial charge in [0.1, 0.15) is 11.3 Å². The molecule has 0 radical (unpaired) electrons. The third-order valence-electron chi connectivity index (χ3n) is 3.31. The molecule has 1 heterocycles. The van der Waals surface area contributed by atoms with E-state index in [1.165, 1.54) is 6.08 Å². The van der Waals surface area contributed by atoms with Gasteiger partial charge >= 0.3 is 0 Å². The predicted molar refractivity (Wildman–Crippen MR) is 87.9 cm³/mol. The summed E-state index contributed by atoms with van der Waals surface area (Å²) in [6, 6.07) is 15.0. The number of rotatable bonds is 5. The van der Waals surface area contributed by atoms with Gasteiger partial charge in [-0.3, -0.25) is 4.79 Å². The van der Waals surface area contributed by atoms with Gasteiger partial charge in [-0.2, -0.15) is 0 Å². The summed E-state index contributed by atoms with van der Waals surface area (Å²) >= 11 is 0. The van der Waals surface area contributed by atoms with Gasteiger partial charge in [0.15, 0.2) is 5.58 Å². The van der Waals surface area contributed by atoms with Crippen molar-refractivity contribution in [3.8, 4) is 5.75 Å². The molecular weight excluding hydrogens is 292 g/mol. The minimum Gasteiger partial charge on any atom is -0.497 e. The van der Waals surface area contributed by atoms with E-state index in [0.717, 1.165) is 16.8 Å². The van der Waals surface area contributed by atoms with Crippen molar-refractivity contribution in [1.29, 1.82) is 0 Å². The number of benzene rings is 2. The summed E-state index contributed by atoms with van der Waals surface area (Å²) in [4.78, 5) is 16.1. The number of hydrogen-bond acceptors (Lipinski definition) is 4. The van der Waals surface area contributed by atoms with E-state index in [9.17, 15) is 4.79 Å². The summed E-state index contributed by atoms with van der Waals surface area (Å²) < 4.78 is 10.6. The molecule has 0 fully saturated rings. The molecule has 0 saturated carbocycles. The second-order valence-electron chi connectivity index (χ2n) is 4.92. The zero-order valence-corrected chi connectivity index (χ0v) is 12.7. The molecule has 5 heteroatoms. The van der Waals surface area contributed by atoms with Crippen LogP contribution in [0.1, 0.15) is 11.5 Å². The molecule has 0 bridgehead atoms. The normalized spacial score (nSPS) is 11.0. The number of ether oxygens (including phenoxy) is 1. The Bertz CT molecular complexity index is 802. The number of nitrogens with one attached hydrogen (secondary N) is 1. The summed E-state index contributed by atoms with van der Waals surface area (Å²) in [5, 5.41) is 2.80. The Morgan fingerprint density at radius 2 is 2.00 bits per heavy atom. The fraction of sp³-hybridized carbons (Fsp3) is 0.111. The monoisotopic (exact) mass is 308 g/mol. The van der Waals surface area contributed by atoms with Crippen LogP contribution in [0.15, 0.2) is 59.0 Å². The van der Waals surface area contributed by atoms with Gasteiger partial charge < -0.3 is 14.5 Å². The van der Waals surface area contributed by atoms with Crippen LogP contribution in [0.5, 0.6) is 5.75 Å². The molecule has 1 N–H and O–H groups in total. The fourth-order valence-electron chi connectivity index (χ4n) is 2.10. The van der Waals surface area contributed by atoms with E-state index in [1.54, 1.807) is 13.2 Å². The maximum atomic E-state index is 11.8. The van der Waals surface area contributed by atoms with Crippen LogP contribution in [0.2, 0.25) is 0 Å². The number of carbonyl (C=O) groups excluding carboxylic acids is 1. The fourth-order valence-corrected chi connectivity index (χ4v) is 2.10. The van der Waals surface area contributed by atoms with Gasteiger partial charge in [-0.25, -0.2) is 4.98 Å². The number of nitrogens with zero attached hydrogens (tertiary/aromatic N) is 1. The molecule has 1 aromatic heterocycles. The van der Waals surface area contributed by atoms with Crippen LogP contribution in [0.25, 0.3) is 17.2 Å². The lowest BCUT2D eigenvalue weighted by Gasteiger charge is -2.04. The average molecular weight is 308 g/mol. The van der Waals surface area contributed by atoms with Crippen LogP contribution in [0, 0.1) is 0 Å². The Kier molecular flexibility index (Phi) is 4.38. The van der Waals surface area contributed by atoms with Crippen molar-refractivity contribution in [2.24, 2.45) is 0 Å². The lowest BCUT2D eigenvalue weighted by atomic mass is 10.2. The van der Waals surface area contributed by atoms with E-state index in [0.29, 0.717) is 18.0 Å². The molecule has 3 aromatic rings. The summed E-state index contributed by atoms with van der Waals surface area (Å²) in [6.07, 6.45) is 2.97. The van der Waals surface area contributed by atoms with E-state index >= 15 is 0 Å². The van der Waals surface area contributed by atoms with Gasteiger partial charge in [0.25, 0.3) is 0 Å². The zero-order chi connectivity index (χ0) is 16.1. The Hall–Kier alpha value is -3.08. The summed E-state index contributed by atoms with van der Waals surface area (Å²) in [5.74, 6) is 0.991. The highest BCUT2D eigenvalue weighted by atomic mass is 16.5. The Morgan fingerprint density at radius 3 is 2.74 bits per heavy atom. The van der Waals surface area contributed by atoms with Gasteiger partial charge in [-0.15, -0.1) is 0 Å². The molecule has 1 amide bonds. The van der Waals surface area contributed by atoms with Gasteiger partial charge in [0.2, 0.25) is 11.8 Å². The van der Waals surface area contributed by atoms with Crippen molar-refractivity contribution in [2.45, 2.75) is 6.54 Å². The Labute approximate surface area is 133 Å². The molecule has 0 unspecified atom stereocenters. The SMILES string of the molecule is COc1ccc(CNC(=O)/C=C/c2nc3ccccc3o2)cc1. The third-order valence-corrected chi connectivity index (χ3v) is 3.31. The minimum atomic E-state index is -0.205. The highest BCUT2D eigenvalue weighted by molar-refractivity contribution is 5.91. The number of oxazole rings is 1. The first-order valence-corrected chi connectivity index (χ1v) is 7.19. The van der Waals surface area contributed by atoms with Crippen LogP contribution in [-0.4, -0.2) is 18.0 Å². The maximum Gasteiger partial charge on any atom is 0.244 e. The number of amides is 1. The van der Waals surface area contributed by atoms with Crippen molar-refractivity contribution < 1.29 is 13.9 Å². The molecule has 0 atom stereocenters. The standard InChI is InChI=1S/C18H16N2O3/c1-22-14-8-6-13(7-9-14)12-19-17(21)10-11-18-20-15-4-2-3-5-16(15)23-18/h2-11H,12H2,1H3,(H,19,21)/b11-10+. The third kappa shape index (κ3) is 3.77. The second-order valence-corrected chi connectivity index (χ2v) is 4.92. The molecule has 0 spiro atoms. The Balaban J connectivity index is 1.57. The van der Waals surface area contributed by atoms with Crippen molar-refractivity contribution in [1.82, 2.24) is 10.3 Å². The lowest BCUT2D eigenvalue weighted by molar-refractivity contribution is -0.116. The zero-order valence-electron chi connectivity index (χ0n) is 12.7. The van der Waals surface area contributed by atoms with E-state index in [4.69, 9.17) is 9.15 Å².